The number of hydrogen-bond donors (Lipinski definition) is 1. The molecule has 2 rings (SSSR count). The van der Waals surface area contributed by atoms with Crippen molar-refractivity contribution in [3.63, 3.8) is 0 Å². The molecule has 0 saturated carbocycles. The van der Waals surface area contributed by atoms with Crippen molar-refractivity contribution in [1.82, 2.24) is 9.97 Å². The average Bonchev–Trinajstić information content (AvgIpc) is 2.51. The Morgan fingerprint density at radius 2 is 2.29 bits per heavy atom. The van der Waals surface area contributed by atoms with E-state index in [0.717, 1.165) is 19.3 Å². The third kappa shape index (κ3) is 4.52. The second kappa shape index (κ2) is 7.72. The number of nitro groups is 1. The highest BCUT2D eigenvalue weighted by molar-refractivity contribution is 5.43. The SMILES string of the molecule is CCCNc1ncc([N+](=O)[O-])c(OCC2CCOCC2)n1. The van der Waals surface area contributed by atoms with Crippen LogP contribution in [0.15, 0.2) is 6.20 Å². The van der Waals surface area contributed by atoms with E-state index >= 15 is 0 Å². The van der Waals surface area contributed by atoms with Crippen molar-refractivity contribution in [3.05, 3.63) is 16.3 Å². The first-order chi connectivity index (χ1) is 10.2. The molecule has 1 saturated heterocycles. The van der Waals surface area contributed by atoms with E-state index in [-0.39, 0.29) is 11.6 Å². The molecule has 1 aromatic heterocycles. The summed E-state index contributed by atoms with van der Waals surface area (Å²) in [6, 6.07) is 0. The summed E-state index contributed by atoms with van der Waals surface area (Å²) in [4.78, 5) is 18.5. The van der Waals surface area contributed by atoms with Crippen LogP contribution in [0.3, 0.4) is 0 Å². The maximum Gasteiger partial charge on any atom is 0.349 e. The molecule has 8 heteroatoms. The van der Waals surface area contributed by atoms with Gasteiger partial charge in [0.15, 0.2) is 0 Å². The molecule has 8 nitrogen and oxygen atoms in total. The van der Waals surface area contributed by atoms with E-state index in [2.05, 4.69) is 15.3 Å². The normalized spacial score (nSPS) is 15.7. The van der Waals surface area contributed by atoms with Gasteiger partial charge in [0.1, 0.15) is 6.20 Å². The Morgan fingerprint density at radius 1 is 1.52 bits per heavy atom. The average molecular weight is 296 g/mol. The Hall–Kier alpha value is -1.96. The lowest BCUT2D eigenvalue weighted by atomic mass is 10.0. The smallest absolute Gasteiger partial charge is 0.349 e. The van der Waals surface area contributed by atoms with E-state index in [1.807, 2.05) is 6.92 Å². The lowest BCUT2D eigenvalue weighted by molar-refractivity contribution is -0.386. The lowest BCUT2D eigenvalue weighted by Gasteiger charge is -2.21. The first-order valence-corrected chi connectivity index (χ1v) is 7.16. The number of hydrogen-bond acceptors (Lipinski definition) is 7. The van der Waals surface area contributed by atoms with Gasteiger partial charge in [-0.2, -0.15) is 4.98 Å². The van der Waals surface area contributed by atoms with Gasteiger partial charge < -0.3 is 14.8 Å². The van der Waals surface area contributed by atoms with Gasteiger partial charge in [0, 0.05) is 19.8 Å². The number of nitrogens with zero attached hydrogens (tertiary/aromatic N) is 3. The summed E-state index contributed by atoms with van der Waals surface area (Å²) in [7, 11) is 0. The zero-order valence-electron chi connectivity index (χ0n) is 12.1. The molecule has 0 atom stereocenters. The van der Waals surface area contributed by atoms with Crippen molar-refractivity contribution in [1.29, 1.82) is 0 Å². The van der Waals surface area contributed by atoms with Crippen molar-refractivity contribution >= 4 is 11.6 Å². The van der Waals surface area contributed by atoms with Crippen molar-refractivity contribution in [3.8, 4) is 5.88 Å². The Labute approximate surface area is 123 Å². The van der Waals surface area contributed by atoms with Gasteiger partial charge in [-0.25, -0.2) is 4.98 Å². The van der Waals surface area contributed by atoms with Crippen LogP contribution in [-0.4, -0.2) is 41.3 Å². The van der Waals surface area contributed by atoms with E-state index in [9.17, 15) is 10.1 Å². The van der Waals surface area contributed by atoms with Crippen LogP contribution in [-0.2, 0) is 4.74 Å². The van der Waals surface area contributed by atoms with E-state index in [4.69, 9.17) is 9.47 Å². The highest BCUT2D eigenvalue weighted by Crippen LogP contribution is 2.26. The lowest BCUT2D eigenvalue weighted by Crippen LogP contribution is -2.22. The van der Waals surface area contributed by atoms with Gasteiger partial charge in [0.2, 0.25) is 5.95 Å². The fourth-order valence-corrected chi connectivity index (χ4v) is 2.02. The highest BCUT2D eigenvalue weighted by Gasteiger charge is 2.21. The molecule has 116 valence electrons. The van der Waals surface area contributed by atoms with Gasteiger partial charge in [0.05, 0.1) is 11.5 Å². The molecule has 1 aliphatic heterocycles. The molecular weight excluding hydrogens is 276 g/mol. The predicted octanol–water partition coefficient (Wildman–Crippen LogP) is 2.01. The van der Waals surface area contributed by atoms with E-state index in [0.29, 0.717) is 38.2 Å². The molecule has 0 aliphatic carbocycles. The number of nitrogens with one attached hydrogen (secondary N) is 1. The fourth-order valence-electron chi connectivity index (χ4n) is 2.02. The quantitative estimate of drug-likeness (QED) is 0.606. The van der Waals surface area contributed by atoms with E-state index < -0.39 is 4.92 Å². The third-order valence-electron chi connectivity index (χ3n) is 3.26. The summed E-state index contributed by atoms with van der Waals surface area (Å²) in [5.74, 6) is 0.727. The van der Waals surface area contributed by atoms with Crippen LogP contribution < -0.4 is 10.1 Å². The first-order valence-electron chi connectivity index (χ1n) is 7.16. The largest absolute Gasteiger partial charge is 0.472 e. The second-order valence-corrected chi connectivity index (χ2v) is 4.93. The Morgan fingerprint density at radius 3 is 2.95 bits per heavy atom. The van der Waals surface area contributed by atoms with Gasteiger partial charge in [-0.15, -0.1) is 0 Å². The van der Waals surface area contributed by atoms with Crippen LogP contribution in [0.4, 0.5) is 11.6 Å². The minimum absolute atomic E-state index is 0.0279. The van der Waals surface area contributed by atoms with Gasteiger partial charge in [-0.3, -0.25) is 10.1 Å². The third-order valence-corrected chi connectivity index (χ3v) is 3.26. The fraction of sp³-hybridized carbons (Fsp3) is 0.692. The molecule has 1 fully saturated rings. The molecule has 21 heavy (non-hydrogen) atoms. The highest BCUT2D eigenvalue weighted by atomic mass is 16.6. The van der Waals surface area contributed by atoms with Crippen LogP contribution >= 0.6 is 0 Å². The van der Waals surface area contributed by atoms with Crippen LogP contribution in [0.1, 0.15) is 26.2 Å². The van der Waals surface area contributed by atoms with Gasteiger partial charge in [-0.05, 0) is 25.2 Å². The molecule has 0 bridgehead atoms. The summed E-state index contributed by atoms with van der Waals surface area (Å²) in [5, 5.41) is 14.0. The van der Waals surface area contributed by atoms with E-state index in [1.54, 1.807) is 0 Å². The van der Waals surface area contributed by atoms with Crippen molar-refractivity contribution in [2.24, 2.45) is 5.92 Å². The monoisotopic (exact) mass is 296 g/mol. The maximum atomic E-state index is 11.0. The van der Waals surface area contributed by atoms with Gasteiger partial charge >= 0.3 is 5.69 Å². The second-order valence-electron chi connectivity index (χ2n) is 4.93. The molecule has 1 N–H and O–H groups in total. The number of ether oxygens (including phenoxy) is 2. The Balaban J connectivity index is 2.04. The number of aromatic nitrogens is 2. The predicted molar refractivity (Wildman–Crippen MR) is 76.5 cm³/mol. The summed E-state index contributed by atoms with van der Waals surface area (Å²) in [6.45, 7) is 4.55. The van der Waals surface area contributed by atoms with Crippen LogP contribution in [0.5, 0.6) is 5.88 Å². The molecule has 2 heterocycles. The Kier molecular flexibility index (Phi) is 5.68. The van der Waals surface area contributed by atoms with E-state index in [1.165, 1.54) is 6.20 Å². The minimum atomic E-state index is -0.525. The standard InChI is InChI=1S/C13H20N4O4/c1-2-5-14-13-15-8-11(17(18)19)12(16-13)21-9-10-3-6-20-7-4-10/h8,10H,2-7,9H2,1H3,(H,14,15,16). The topological polar surface area (TPSA) is 99.4 Å². The molecular formula is C13H20N4O4. The molecule has 0 unspecified atom stereocenters. The summed E-state index contributed by atoms with van der Waals surface area (Å²) in [6.07, 6.45) is 3.91. The van der Waals surface area contributed by atoms with Crippen LogP contribution in [0, 0.1) is 16.0 Å². The van der Waals surface area contributed by atoms with Crippen molar-refractivity contribution < 1.29 is 14.4 Å². The number of rotatable bonds is 7. The van der Waals surface area contributed by atoms with Gasteiger partial charge in [0.25, 0.3) is 5.88 Å². The summed E-state index contributed by atoms with van der Waals surface area (Å²) >= 11 is 0. The van der Waals surface area contributed by atoms with Crippen LogP contribution in [0.25, 0.3) is 0 Å². The minimum Gasteiger partial charge on any atom is -0.472 e. The van der Waals surface area contributed by atoms with Gasteiger partial charge in [-0.1, -0.05) is 6.92 Å². The molecule has 0 aromatic carbocycles. The molecule has 1 aliphatic rings. The Bertz CT molecular complexity index is 477. The molecule has 0 amide bonds. The van der Waals surface area contributed by atoms with Crippen molar-refractivity contribution in [2.75, 3.05) is 31.7 Å². The number of anilines is 1. The first kappa shape index (κ1) is 15.4. The molecule has 1 aromatic rings. The zero-order valence-corrected chi connectivity index (χ0v) is 12.1. The maximum absolute atomic E-state index is 11.0. The summed E-state index contributed by atoms with van der Waals surface area (Å²) < 4.78 is 10.8. The zero-order chi connectivity index (χ0) is 15.1. The molecule has 0 radical (unpaired) electrons. The summed E-state index contributed by atoms with van der Waals surface area (Å²) in [5.41, 5.74) is -0.205. The molecule has 0 spiro atoms. The van der Waals surface area contributed by atoms with Crippen LogP contribution in [0.2, 0.25) is 0 Å². The van der Waals surface area contributed by atoms with Crippen molar-refractivity contribution in [2.45, 2.75) is 26.2 Å².